The van der Waals surface area contributed by atoms with Gasteiger partial charge in [-0.1, -0.05) is 6.92 Å². The van der Waals surface area contributed by atoms with E-state index < -0.39 is 0 Å². The van der Waals surface area contributed by atoms with Crippen molar-refractivity contribution in [1.82, 2.24) is 15.5 Å². The van der Waals surface area contributed by atoms with Crippen molar-refractivity contribution in [3.8, 4) is 11.5 Å². The molecule has 1 heterocycles. The Morgan fingerprint density at radius 3 is 2.43 bits per heavy atom. The van der Waals surface area contributed by atoms with Crippen LogP contribution in [0.1, 0.15) is 39.0 Å². The molecule has 0 saturated carbocycles. The van der Waals surface area contributed by atoms with Gasteiger partial charge in [-0.2, -0.15) is 0 Å². The van der Waals surface area contributed by atoms with Crippen LogP contribution in [-0.2, 0) is 9.59 Å². The van der Waals surface area contributed by atoms with Crippen LogP contribution in [-0.4, -0.2) is 62.7 Å². The van der Waals surface area contributed by atoms with E-state index in [1.54, 1.807) is 7.11 Å². The van der Waals surface area contributed by atoms with Gasteiger partial charge in [0.05, 0.1) is 20.3 Å². The maximum Gasteiger partial charge on any atom is 0.234 e. The van der Waals surface area contributed by atoms with Crippen LogP contribution in [0.3, 0.4) is 0 Å². The number of methoxy groups -OCH3 is 1. The van der Waals surface area contributed by atoms with Gasteiger partial charge in [-0.05, 0) is 49.9 Å². The molecule has 2 N–H and O–H groups in total. The van der Waals surface area contributed by atoms with Gasteiger partial charge in [0.2, 0.25) is 11.8 Å². The normalized spacial score (nSPS) is 15.1. The number of nitrogens with one attached hydrogen (secondary N) is 2. The van der Waals surface area contributed by atoms with Crippen molar-refractivity contribution in [2.75, 3.05) is 39.9 Å². The van der Waals surface area contributed by atoms with Crippen LogP contribution in [0.25, 0.3) is 0 Å². The van der Waals surface area contributed by atoms with E-state index in [1.807, 2.05) is 31.2 Å². The molecule has 156 valence electrons. The molecule has 0 aromatic heterocycles. The molecule has 0 spiro atoms. The fourth-order valence-corrected chi connectivity index (χ4v) is 3.15. The molecule has 0 bridgehead atoms. The number of benzene rings is 1. The largest absolute Gasteiger partial charge is 0.497 e. The summed E-state index contributed by atoms with van der Waals surface area (Å²) in [6.45, 7) is 5.40. The number of likely N-dealkylation sites (tertiary alicyclic amines) is 1. The first kappa shape index (κ1) is 22.0. The molecule has 1 aliphatic rings. The zero-order valence-electron chi connectivity index (χ0n) is 17.0. The predicted molar refractivity (Wildman–Crippen MR) is 109 cm³/mol. The lowest BCUT2D eigenvalue weighted by atomic mass is 10.0. The fraction of sp³-hybridized carbons (Fsp3) is 0.619. The fourth-order valence-electron chi connectivity index (χ4n) is 3.15. The second kappa shape index (κ2) is 12.2. The van der Waals surface area contributed by atoms with E-state index in [0.717, 1.165) is 50.4 Å². The molecule has 0 radical (unpaired) electrons. The SMILES string of the molecule is CCCNC(=O)CN1CCC(NC(=O)CCCOc2ccc(OC)cc2)CC1. The number of carbonyl (C=O) groups excluding carboxylic acids is 2. The van der Waals surface area contributed by atoms with Gasteiger partial charge in [0.15, 0.2) is 0 Å². The van der Waals surface area contributed by atoms with Crippen LogP contribution in [0.15, 0.2) is 24.3 Å². The van der Waals surface area contributed by atoms with E-state index in [2.05, 4.69) is 15.5 Å². The minimum atomic E-state index is 0.0671. The number of ether oxygens (including phenoxy) is 2. The summed E-state index contributed by atoms with van der Waals surface area (Å²) < 4.78 is 10.8. The molecule has 1 saturated heterocycles. The maximum atomic E-state index is 12.1. The molecule has 7 nitrogen and oxygen atoms in total. The number of hydrogen-bond donors (Lipinski definition) is 2. The predicted octanol–water partition coefficient (Wildman–Crippen LogP) is 1.96. The zero-order chi connectivity index (χ0) is 20.2. The van der Waals surface area contributed by atoms with Crippen LogP contribution >= 0.6 is 0 Å². The molecule has 0 unspecified atom stereocenters. The molecule has 1 aliphatic heterocycles. The minimum absolute atomic E-state index is 0.0671. The van der Waals surface area contributed by atoms with Gasteiger partial charge in [0, 0.05) is 32.1 Å². The molecule has 1 fully saturated rings. The summed E-state index contributed by atoms with van der Waals surface area (Å²) in [4.78, 5) is 26.0. The van der Waals surface area contributed by atoms with Crippen LogP contribution in [0.4, 0.5) is 0 Å². The smallest absolute Gasteiger partial charge is 0.234 e. The van der Waals surface area contributed by atoms with Crippen molar-refractivity contribution in [2.24, 2.45) is 0 Å². The van der Waals surface area contributed by atoms with Crippen molar-refractivity contribution in [3.63, 3.8) is 0 Å². The van der Waals surface area contributed by atoms with E-state index in [9.17, 15) is 9.59 Å². The van der Waals surface area contributed by atoms with Gasteiger partial charge in [-0.15, -0.1) is 0 Å². The molecule has 0 atom stereocenters. The Bertz CT molecular complexity index is 598. The molecular weight excluding hydrogens is 358 g/mol. The maximum absolute atomic E-state index is 12.1. The van der Waals surface area contributed by atoms with E-state index in [-0.39, 0.29) is 17.9 Å². The lowest BCUT2D eigenvalue weighted by Crippen LogP contribution is -2.47. The highest BCUT2D eigenvalue weighted by Gasteiger charge is 2.21. The zero-order valence-corrected chi connectivity index (χ0v) is 17.0. The lowest BCUT2D eigenvalue weighted by molar-refractivity contribution is -0.124. The van der Waals surface area contributed by atoms with Gasteiger partial charge in [-0.25, -0.2) is 0 Å². The summed E-state index contributed by atoms with van der Waals surface area (Å²) >= 11 is 0. The summed E-state index contributed by atoms with van der Waals surface area (Å²) in [5.74, 6) is 1.72. The Hall–Kier alpha value is -2.28. The number of amides is 2. The Morgan fingerprint density at radius 1 is 1.11 bits per heavy atom. The van der Waals surface area contributed by atoms with E-state index >= 15 is 0 Å². The molecule has 2 rings (SSSR count). The summed E-state index contributed by atoms with van der Waals surface area (Å²) in [6, 6.07) is 7.61. The lowest BCUT2D eigenvalue weighted by Gasteiger charge is -2.31. The van der Waals surface area contributed by atoms with Gasteiger partial charge in [0.1, 0.15) is 11.5 Å². The standard InChI is InChI=1S/C21H33N3O4/c1-3-12-22-21(26)16-24-13-10-17(11-14-24)23-20(25)5-4-15-28-19-8-6-18(27-2)7-9-19/h6-9,17H,3-5,10-16H2,1-2H3,(H,22,26)(H,23,25). The van der Waals surface area contributed by atoms with Crippen molar-refractivity contribution < 1.29 is 19.1 Å². The topological polar surface area (TPSA) is 79.9 Å². The van der Waals surface area contributed by atoms with E-state index in [0.29, 0.717) is 26.0 Å². The van der Waals surface area contributed by atoms with Crippen LogP contribution < -0.4 is 20.1 Å². The third kappa shape index (κ3) is 8.17. The van der Waals surface area contributed by atoms with Gasteiger partial charge in [0.25, 0.3) is 0 Å². The van der Waals surface area contributed by atoms with Crippen molar-refractivity contribution >= 4 is 11.8 Å². The third-order valence-electron chi connectivity index (χ3n) is 4.77. The first-order valence-corrected chi connectivity index (χ1v) is 10.2. The number of carbonyl (C=O) groups is 2. The monoisotopic (exact) mass is 391 g/mol. The summed E-state index contributed by atoms with van der Waals surface area (Å²) in [5, 5.41) is 6.00. The Balaban J connectivity index is 1.55. The second-order valence-electron chi connectivity index (χ2n) is 7.10. The minimum Gasteiger partial charge on any atom is -0.497 e. The summed E-state index contributed by atoms with van der Waals surface area (Å²) in [5.41, 5.74) is 0. The molecule has 0 aliphatic carbocycles. The first-order chi connectivity index (χ1) is 13.6. The Labute approximate surface area is 167 Å². The number of rotatable bonds is 11. The third-order valence-corrected chi connectivity index (χ3v) is 4.77. The van der Waals surface area contributed by atoms with E-state index in [1.165, 1.54) is 0 Å². The molecule has 1 aromatic carbocycles. The van der Waals surface area contributed by atoms with Crippen molar-refractivity contribution in [2.45, 2.75) is 45.1 Å². The van der Waals surface area contributed by atoms with Crippen LogP contribution in [0.2, 0.25) is 0 Å². The van der Waals surface area contributed by atoms with Crippen molar-refractivity contribution in [3.05, 3.63) is 24.3 Å². The molecule has 1 aromatic rings. The Morgan fingerprint density at radius 2 is 1.79 bits per heavy atom. The number of piperidine rings is 1. The van der Waals surface area contributed by atoms with Gasteiger partial charge < -0.3 is 20.1 Å². The van der Waals surface area contributed by atoms with Crippen LogP contribution in [0.5, 0.6) is 11.5 Å². The molecule has 2 amide bonds. The van der Waals surface area contributed by atoms with E-state index in [4.69, 9.17) is 9.47 Å². The first-order valence-electron chi connectivity index (χ1n) is 10.2. The van der Waals surface area contributed by atoms with Gasteiger partial charge >= 0.3 is 0 Å². The molecular formula is C21H33N3O4. The van der Waals surface area contributed by atoms with Crippen molar-refractivity contribution in [1.29, 1.82) is 0 Å². The second-order valence-corrected chi connectivity index (χ2v) is 7.10. The highest BCUT2D eigenvalue weighted by molar-refractivity contribution is 5.78. The Kier molecular flexibility index (Phi) is 9.62. The molecule has 7 heteroatoms. The molecule has 28 heavy (non-hydrogen) atoms. The summed E-state index contributed by atoms with van der Waals surface area (Å²) in [6.07, 6.45) is 3.85. The highest BCUT2D eigenvalue weighted by Crippen LogP contribution is 2.17. The summed E-state index contributed by atoms with van der Waals surface area (Å²) in [7, 11) is 1.63. The average Bonchev–Trinajstić information content (AvgIpc) is 2.71. The highest BCUT2D eigenvalue weighted by atomic mass is 16.5. The number of hydrogen-bond acceptors (Lipinski definition) is 5. The average molecular weight is 392 g/mol. The quantitative estimate of drug-likeness (QED) is 0.564. The van der Waals surface area contributed by atoms with Crippen LogP contribution in [0, 0.1) is 0 Å². The van der Waals surface area contributed by atoms with Gasteiger partial charge in [-0.3, -0.25) is 14.5 Å². The number of nitrogens with zero attached hydrogens (tertiary/aromatic N) is 1.